The van der Waals surface area contributed by atoms with Crippen LogP contribution in [-0.2, 0) is 11.2 Å². The molecule has 1 atom stereocenters. The van der Waals surface area contributed by atoms with E-state index in [2.05, 4.69) is 5.32 Å². The Labute approximate surface area is 150 Å². The molecule has 1 unspecified atom stereocenters. The lowest BCUT2D eigenvalue weighted by molar-refractivity contribution is -0.121. The van der Waals surface area contributed by atoms with Crippen molar-refractivity contribution in [2.24, 2.45) is 0 Å². The number of carbonyl (C=O) groups excluding carboxylic acids is 1. The number of nitrogens with one attached hydrogen (secondary N) is 1. The van der Waals surface area contributed by atoms with Gasteiger partial charge in [0.15, 0.2) is 11.5 Å². The molecule has 2 aromatic rings. The first kappa shape index (κ1) is 19.2. The number of carboxylic acids is 1. The third-order valence-corrected chi connectivity index (χ3v) is 3.89. The second kappa shape index (κ2) is 8.33. The lowest BCUT2D eigenvalue weighted by Gasteiger charge is -2.17. The number of hydrogen-bond donors (Lipinski definition) is 2. The zero-order chi connectivity index (χ0) is 19.3. The second-order valence-corrected chi connectivity index (χ2v) is 5.70. The highest BCUT2D eigenvalue weighted by atomic mass is 19.1. The van der Waals surface area contributed by atoms with Gasteiger partial charge < -0.3 is 19.9 Å². The number of methoxy groups -OCH3 is 2. The molecule has 0 heterocycles. The number of amides is 1. The monoisotopic (exact) mass is 361 g/mol. The molecule has 2 N–H and O–H groups in total. The quantitative estimate of drug-likeness (QED) is 0.792. The Bertz CT molecular complexity index is 822. The molecular formula is C19H20FNO5. The van der Waals surface area contributed by atoms with Gasteiger partial charge in [0.25, 0.3) is 0 Å². The van der Waals surface area contributed by atoms with E-state index in [1.54, 1.807) is 19.1 Å². The molecule has 0 radical (unpaired) electrons. The van der Waals surface area contributed by atoms with Crippen LogP contribution in [0.25, 0.3) is 0 Å². The van der Waals surface area contributed by atoms with Crippen LogP contribution in [0.1, 0.15) is 34.5 Å². The molecule has 0 aliphatic rings. The maximum Gasteiger partial charge on any atom is 0.335 e. The number of rotatable bonds is 7. The van der Waals surface area contributed by atoms with Gasteiger partial charge in [0.2, 0.25) is 5.91 Å². The molecule has 0 aromatic heterocycles. The predicted octanol–water partition coefficient (Wildman–Crippen LogP) is 2.96. The Kier molecular flexibility index (Phi) is 6.16. The highest BCUT2D eigenvalue weighted by Crippen LogP contribution is 2.32. The molecule has 2 aromatic carbocycles. The van der Waals surface area contributed by atoms with Crippen LogP contribution in [0.3, 0.4) is 0 Å². The van der Waals surface area contributed by atoms with Crippen molar-refractivity contribution in [2.75, 3.05) is 14.2 Å². The van der Waals surface area contributed by atoms with E-state index in [0.717, 1.165) is 0 Å². The summed E-state index contributed by atoms with van der Waals surface area (Å²) in [6, 6.07) is 8.19. The first-order valence-electron chi connectivity index (χ1n) is 7.88. The van der Waals surface area contributed by atoms with Crippen molar-refractivity contribution in [3.05, 3.63) is 58.9 Å². The summed E-state index contributed by atoms with van der Waals surface area (Å²) in [5, 5.41) is 11.7. The second-order valence-electron chi connectivity index (χ2n) is 5.70. The minimum absolute atomic E-state index is 0.0135. The fourth-order valence-corrected chi connectivity index (χ4v) is 2.57. The van der Waals surface area contributed by atoms with E-state index in [9.17, 15) is 14.0 Å². The van der Waals surface area contributed by atoms with Crippen molar-refractivity contribution >= 4 is 11.9 Å². The highest BCUT2D eigenvalue weighted by Gasteiger charge is 2.18. The average Bonchev–Trinajstić information content (AvgIpc) is 2.61. The molecule has 6 nitrogen and oxygen atoms in total. The summed E-state index contributed by atoms with van der Waals surface area (Å²) in [6.45, 7) is 1.65. The molecule has 0 spiro atoms. The van der Waals surface area contributed by atoms with Gasteiger partial charge in [-0.15, -0.1) is 0 Å². The number of carboxylic acid groups (broad SMARTS) is 1. The first-order chi connectivity index (χ1) is 12.3. The molecule has 0 aliphatic heterocycles. The smallest absolute Gasteiger partial charge is 0.335 e. The van der Waals surface area contributed by atoms with Crippen LogP contribution in [0.4, 0.5) is 4.39 Å². The molecule has 7 heteroatoms. The molecule has 1 amide bonds. The van der Waals surface area contributed by atoms with Gasteiger partial charge in [-0.1, -0.05) is 12.1 Å². The zero-order valence-electron chi connectivity index (χ0n) is 14.7. The molecule has 0 bridgehead atoms. The molecular weight excluding hydrogens is 341 g/mol. The summed E-state index contributed by atoms with van der Waals surface area (Å²) < 4.78 is 24.5. The Morgan fingerprint density at radius 2 is 1.81 bits per heavy atom. The van der Waals surface area contributed by atoms with Gasteiger partial charge in [-0.05, 0) is 30.7 Å². The van der Waals surface area contributed by atoms with Gasteiger partial charge in [-0.2, -0.15) is 0 Å². The van der Waals surface area contributed by atoms with E-state index < -0.39 is 17.8 Å². The minimum Gasteiger partial charge on any atom is -0.493 e. The van der Waals surface area contributed by atoms with Gasteiger partial charge in [-0.3, -0.25) is 4.79 Å². The van der Waals surface area contributed by atoms with Crippen molar-refractivity contribution in [3.63, 3.8) is 0 Å². The Hall–Kier alpha value is -3.09. The number of hydrogen-bond acceptors (Lipinski definition) is 4. The lowest BCUT2D eigenvalue weighted by Crippen LogP contribution is -2.28. The van der Waals surface area contributed by atoms with E-state index in [1.165, 1.54) is 38.5 Å². The molecule has 0 aliphatic carbocycles. The topological polar surface area (TPSA) is 84.9 Å². The summed E-state index contributed by atoms with van der Waals surface area (Å²) in [5.41, 5.74) is 0.923. The number of ether oxygens (including phenoxy) is 2. The Morgan fingerprint density at radius 1 is 1.15 bits per heavy atom. The third-order valence-electron chi connectivity index (χ3n) is 3.89. The van der Waals surface area contributed by atoms with Gasteiger partial charge in [0.1, 0.15) is 5.82 Å². The molecule has 138 valence electrons. The van der Waals surface area contributed by atoms with Crippen molar-refractivity contribution in [1.82, 2.24) is 5.32 Å². The zero-order valence-corrected chi connectivity index (χ0v) is 14.7. The normalized spacial score (nSPS) is 11.5. The summed E-state index contributed by atoms with van der Waals surface area (Å²) in [6.07, 6.45) is -0.0135. The van der Waals surface area contributed by atoms with E-state index in [1.807, 2.05) is 0 Å². The fraction of sp³-hybridized carbons (Fsp3) is 0.263. The molecule has 0 saturated carbocycles. The number of aromatic carboxylic acids is 1. The van der Waals surface area contributed by atoms with Crippen LogP contribution in [-0.4, -0.2) is 31.2 Å². The van der Waals surface area contributed by atoms with Gasteiger partial charge in [0, 0.05) is 11.6 Å². The van der Waals surface area contributed by atoms with Crippen LogP contribution in [0.5, 0.6) is 11.5 Å². The van der Waals surface area contributed by atoms with Crippen LogP contribution < -0.4 is 14.8 Å². The number of benzene rings is 2. The SMILES string of the molecule is COc1cc(F)c(C(C)NC(=O)Cc2cccc(C(=O)O)c2)cc1OC. The summed E-state index contributed by atoms with van der Waals surface area (Å²) in [7, 11) is 2.85. The third kappa shape index (κ3) is 4.50. The molecule has 26 heavy (non-hydrogen) atoms. The van der Waals surface area contributed by atoms with E-state index in [4.69, 9.17) is 14.6 Å². The van der Waals surface area contributed by atoms with Crippen molar-refractivity contribution in [2.45, 2.75) is 19.4 Å². The number of carbonyl (C=O) groups is 2. The summed E-state index contributed by atoms with van der Waals surface area (Å²) in [5.74, 6) is -1.32. The Balaban J connectivity index is 2.12. The van der Waals surface area contributed by atoms with Crippen LogP contribution in [0.15, 0.2) is 36.4 Å². The standard InChI is InChI=1S/C19H20FNO5/c1-11(14-9-16(25-2)17(26-3)10-15(14)20)21-18(22)8-12-5-4-6-13(7-12)19(23)24/h4-7,9-11H,8H2,1-3H3,(H,21,22)(H,23,24). The van der Waals surface area contributed by atoms with Crippen LogP contribution in [0.2, 0.25) is 0 Å². The summed E-state index contributed by atoms with van der Waals surface area (Å²) >= 11 is 0. The van der Waals surface area contributed by atoms with Gasteiger partial charge in [-0.25, -0.2) is 9.18 Å². The van der Waals surface area contributed by atoms with Gasteiger partial charge in [0.05, 0.1) is 32.2 Å². The maximum absolute atomic E-state index is 14.3. The Morgan fingerprint density at radius 3 is 2.42 bits per heavy atom. The lowest BCUT2D eigenvalue weighted by atomic mass is 10.0. The predicted molar refractivity (Wildman–Crippen MR) is 93.2 cm³/mol. The average molecular weight is 361 g/mol. The van der Waals surface area contributed by atoms with E-state index in [-0.39, 0.29) is 29.2 Å². The van der Waals surface area contributed by atoms with Crippen LogP contribution >= 0.6 is 0 Å². The van der Waals surface area contributed by atoms with Gasteiger partial charge >= 0.3 is 5.97 Å². The molecule has 0 fully saturated rings. The van der Waals surface area contributed by atoms with Crippen molar-refractivity contribution < 1.29 is 28.6 Å². The summed E-state index contributed by atoms with van der Waals surface area (Å²) in [4.78, 5) is 23.2. The maximum atomic E-state index is 14.3. The number of halogens is 1. The van der Waals surface area contributed by atoms with Crippen molar-refractivity contribution in [1.29, 1.82) is 0 Å². The minimum atomic E-state index is -1.06. The largest absolute Gasteiger partial charge is 0.493 e. The van der Waals surface area contributed by atoms with E-state index in [0.29, 0.717) is 11.3 Å². The van der Waals surface area contributed by atoms with Crippen molar-refractivity contribution in [3.8, 4) is 11.5 Å². The molecule has 2 rings (SSSR count). The highest BCUT2D eigenvalue weighted by molar-refractivity contribution is 5.88. The van der Waals surface area contributed by atoms with E-state index >= 15 is 0 Å². The van der Waals surface area contributed by atoms with Crippen LogP contribution in [0, 0.1) is 5.82 Å². The molecule has 0 saturated heterocycles. The first-order valence-corrected chi connectivity index (χ1v) is 7.88. The fourth-order valence-electron chi connectivity index (χ4n) is 2.57.